The molecular weight excluding hydrogens is 388 g/mol. The molecule has 0 heterocycles. The molecule has 31 heavy (non-hydrogen) atoms. The van der Waals surface area contributed by atoms with E-state index in [4.69, 9.17) is 14.2 Å². The summed E-state index contributed by atoms with van der Waals surface area (Å²) in [7, 11) is 3.31. The normalized spacial score (nSPS) is 13.5. The predicted molar refractivity (Wildman–Crippen MR) is 124 cm³/mol. The SMILES string of the molecule is CCC[C@](C)(O)COC(c1ccccc1)(c1ccc(OC)cc1)c1ccc(OC)cc1. The first kappa shape index (κ1) is 22.9. The van der Waals surface area contributed by atoms with Crippen LogP contribution in [-0.4, -0.2) is 31.5 Å². The molecule has 3 aromatic rings. The summed E-state index contributed by atoms with van der Waals surface area (Å²) in [5.41, 5.74) is 1.05. The van der Waals surface area contributed by atoms with Crippen molar-refractivity contribution < 1.29 is 19.3 Å². The molecule has 0 aliphatic heterocycles. The molecule has 0 amide bonds. The van der Waals surface area contributed by atoms with E-state index in [0.29, 0.717) is 6.42 Å². The Morgan fingerprint density at radius 2 is 1.16 bits per heavy atom. The van der Waals surface area contributed by atoms with Gasteiger partial charge in [0.2, 0.25) is 0 Å². The molecule has 4 nitrogen and oxygen atoms in total. The van der Waals surface area contributed by atoms with Gasteiger partial charge in [-0.15, -0.1) is 0 Å². The number of rotatable bonds is 10. The molecule has 0 aliphatic rings. The molecular formula is C27H32O4. The van der Waals surface area contributed by atoms with Crippen LogP contribution in [0.3, 0.4) is 0 Å². The molecule has 0 saturated heterocycles. The average Bonchev–Trinajstić information content (AvgIpc) is 2.81. The third-order valence-electron chi connectivity index (χ3n) is 5.56. The monoisotopic (exact) mass is 420 g/mol. The quantitative estimate of drug-likeness (QED) is 0.436. The van der Waals surface area contributed by atoms with Gasteiger partial charge in [-0.05, 0) is 54.3 Å². The van der Waals surface area contributed by atoms with Crippen LogP contribution in [0, 0.1) is 0 Å². The number of benzene rings is 3. The molecule has 164 valence electrons. The maximum atomic E-state index is 10.9. The number of ether oxygens (including phenoxy) is 3. The summed E-state index contributed by atoms with van der Waals surface area (Å²) in [6.45, 7) is 4.08. The number of hydrogen-bond acceptors (Lipinski definition) is 4. The van der Waals surface area contributed by atoms with Crippen molar-refractivity contribution in [3.8, 4) is 11.5 Å². The Balaban J connectivity index is 2.20. The van der Waals surface area contributed by atoms with Gasteiger partial charge in [-0.3, -0.25) is 0 Å². The summed E-state index contributed by atoms with van der Waals surface area (Å²) in [6, 6.07) is 25.9. The lowest BCUT2D eigenvalue weighted by Crippen LogP contribution is -2.40. The summed E-state index contributed by atoms with van der Waals surface area (Å²) in [5.74, 6) is 1.55. The van der Waals surface area contributed by atoms with Gasteiger partial charge in [0.15, 0.2) is 0 Å². The highest BCUT2D eigenvalue weighted by Gasteiger charge is 2.39. The van der Waals surface area contributed by atoms with Crippen LogP contribution in [0.5, 0.6) is 11.5 Å². The highest BCUT2D eigenvalue weighted by Crippen LogP contribution is 2.42. The Morgan fingerprint density at radius 1 is 0.710 bits per heavy atom. The summed E-state index contributed by atoms with van der Waals surface area (Å²) >= 11 is 0. The standard InChI is InChI=1S/C27H32O4/c1-5-19-26(2,28)20-31-27(21-9-7-6-8-10-21,22-11-15-24(29-3)16-12-22)23-13-17-25(30-4)18-14-23/h6-18,28H,5,19-20H2,1-4H3/t26-/m0/s1. The van der Waals surface area contributed by atoms with Crippen molar-refractivity contribution in [1.82, 2.24) is 0 Å². The van der Waals surface area contributed by atoms with Crippen molar-refractivity contribution in [3.63, 3.8) is 0 Å². The molecule has 3 aromatic carbocycles. The second-order valence-corrected chi connectivity index (χ2v) is 8.04. The third-order valence-corrected chi connectivity index (χ3v) is 5.56. The molecule has 0 bridgehead atoms. The van der Waals surface area contributed by atoms with Gasteiger partial charge in [0.1, 0.15) is 17.1 Å². The van der Waals surface area contributed by atoms with E-state index >= 15 is 0 Å². The van der Waals surface area contributed by atoms with Crippen LogP contribution in [0.25, 0.3) is 0 Å². The van der Waals surface area contributed by atoms with Crippen LogP contribution >= 0.6 is 0 Å². The lowest BCUT2D eigenvalue weighted by molar-refractivity contribution is -0.0870. The maximum absolute atomic E-state index is 10.9. The van der Waals surface area contributed by atoms with Crippen molar-refractivity contribution in [2.75, 3.05) is 20.8 Å². The smallest absolute Gasteiger partial charge is 0.143 e. The molecule has 1 atom stereocenters. The van der Waals surface area contributed by atoms with E-state index < -0.39 is 11.2 Å². The minimum Gasteiger partial charge on any atom is -0.497 e. The van der Waals surface area contributed by atoms with Crippen LogP contribution < -0.4 is 9.47 Å². The van der Waals surface area contributed by atoms with Gasteiger partial charge in [0.25, 0.3) is 0 Å². The Hall–Kier alpha value is -2.82. The Morgan fingerprint density at radius 3 is 1.58 bits per heavy atom. The van der Waals surface area contributed by atoms with Crippen molar-refractivity contribution >= 4 is 0 Å². The highest BCUT2D eigenvalue weighted by molar-refractivity contribution is 5.49. The maximum Gasteiger partial charge on any atom is 0.143 e. The summed E-state index contributed by atoms with van der Waals surface area (Å²) in [5, 5.41) is 10.9. The summed E-state index contributed by atoms with van der Waals surface area (Å²) in [4.78, 5) is 0. The van der Waals surface area contributed by atoms with Gasteiger partial charge in [0.05, 0.1) is 26.4 Å². The van der Waals surface area contributed by atoms with E-state index in [1.807, 2.05) is 73.7 Å². The van der Waals surface area contributed by atoms with Crippen molar-refractivity contribution in [3.05, 3.63) is 95.6 Å². The molecule has 0 saturated carbocycles. The fraction of sp³-hybridized carbons (Fsp3) is 0.333. The van der Waals surface area contributed by atoms with Gasteiger partial charge < -0.3 is 19.3 Å². The first-order chi connectivity index (χ1) is 14.9. The molecule has 3 rings (SSSR count). The molecule has 0 fully saturated rings. The minimum absolute atomic E-state index is 0.188. The molecule has 0 radical (unpaired) electrons. The fourth-order valence-corrected chi connectivity index (χ4v) is 3.95. The largest absolute Gasteiger partial charge is 0.497 e. The first-order valence-corrected chi connectivity index (χ1v) is 10.7. The van der Waals surface area contributed by atoms with E-state index in [1.54, 1.807) is 14.2 Å². The molecule has 0 unspecified atom stereocenters. The van der Waals surface area contributed by atoms with Crippen molar-refractivity contribution in [2.45, 2.75) is 37.9 Å². The number of methoxy groups -OCH3 is 2. The van der Waals surface area contributed by atoms with Gasteiger partial charge in [-0.25, -0.2) is 0 Å². The molecule has 0 spiro atoms. The van der Waals surface area contributed by atoms with Crippen molar-refractivity contribution in [2.24, 2.45) is 0 Å². The van der Waals surface area contributed by atoms with Crippen molar-refractivity contribution in [1.29, 1.82) is 0 Å². The minimum atomic E-state index is -0.937. The van der Waals surface area contributed by atoms with Crippen LogP contribution in [-0.2, 0) is 10.3 Å². The van der Waals surface area contributed by atoms with Crippen LogP contribution in [0.4, 0.5) is 0 Å². The van der Waals surface area contributed by atoms with E-state index in [-0.39, 0.29) is 6.61 Å². The molecule has 0 aromatic heterocycles. The zero-order chi connectivity index (χ0) is 22.3. The topological polar surface area (TPSA) is 47.9 Å². The van der Waals surface area contributed by atoms with E-state index in [9.17, 15) is 5.11 Å². The van der Waals surface area contributed by atoms with E-state index in [0.717, 1.165) is 34.6 Å². The zero-order valence-corrected chi connectivity index (χ0v) is 18.8. The lowest BCUT2D eigenvalue weighted by atomic mass is 9.79. The van der Waals surface area contributed by atoms with E-state index in [2.05, 4.69) is 19.1 Å². The van der Waals surface area contributed by atoms with Gasteiger partial charge >= 0.3 is 0 Å². The van der Waals surface area contributed by atoms with Crippen LogP contribution in [0.2, 0.25) is 0 Å². The summed E-state index contributed by atoms with van der Waals surface area (Å²) in [6.07, 6.45) is 1.53. The lowest BCUT2D eigenvalue weighted by Gasteiger charge is -2.38. The number of hydrogen-bond donors (Lipinski definition) is 1. The highest BCUT2D eigenvalue weighted by atomic mass is 16.5. The fourth-order valence-electron chi connectivity index (χ4n) is 3.95. The van der Waals surface area contributed by atoms with Gasteiger partial charge in [-0.2, -0.15) is 0 Å². The van der Waals surface area contributed by atoms with Crippen LogP contribution in [0.1, 0.15) is 43.4 Å². The third kappa shape index (κ3) is 5.09. The zero-order valence-electron chi connectivity index (χ0n) is 18.8. The van der Waals surface area contributed by atoms with Crippen LogP contribution in [0.15, 0.2) is 78.9 Å². The molecule has 0 aliphatic carbocycles. The average molecular weight is 421 g/mol. The molecule has 4 heteroatoms. The Labute approximate surface area is 185 Å². The van der Waals surface area contributed by atoms with E-state index in [1.165, 1.54) is 0 Å². The summed E-state index contributed by atoms with van der Waals surface area (Å²) < 4.78 is 17.5. The number of aliphatic hydroxyl groups is 1. The Bertz CT molecular complexity index is 884. The predicted octanol–water partition coefficient (Wildman–Crippen LogP) is 5.56. The second kappa shape index (κ2) is 9.99. The van der Waals surface area contributed by atoms with Gasteiger partial charge in [-0.1, -0.05) is 67.9 Å². The first-order valence-electron chi connectivity index (χ1n) is 10.7. The second-order valence-electron chi connectivity index (χ2n) is 8.04. The Kier molecular flexibility index (Phi) is 7.37. The molecule has 1 N–H and O–H groups in total. The van der Waals surface area contributed by atoms with Gasteiger partial charge in [0, 0.05) is 0 Å².